The van der Waals surface area contributed by atoms with Gasteiger partial charge in [0.05, 0.1) is 18.6 Å². The number of ether oxygens (including phenoxy) is 1. The quantitative estimate of drug-likeness (QED) is 0.540. The summed E-state index contributed by atoms with van der Waals surface area (Å²) < 4.78 is 12.5. The standard InChI is InChI=1S/C20H16N2O3S/c23-19-15-11-14(18-12-13-3-1-2-4-17(13)26-18)5-6-16(15)25-20(21-19)22-7-9-24-10-8-22/h1-6,11-12H,7-10H2. The monoisotopic (exact) mass is 364 g/mol. The highest BCUT2D eigenvalue weighted by molar-refractivity contribution is 7.22. The van der Waals surface area contributed by atoms with Crippen molar-refractivity contribution in [2.24, 2.45) is 0 Å². The molecule has 2 aromatic carbocycles. The van der Waals surface area contributed by atoms with Crippen LogP contribution in [0.2, 0.25) is 0 Å². The van der Waals surface area contributed by atoms with Gasteiger partial charge in [-0.15, -0.1) is 11.3 Å². The first kappa shape index (κ1) is 15.5. The maximum atomic E-state index is 12.6. The second-order valence-electron chi connectivity index (χ2n) is 6.26. The summed E-state index contributed by atoms with van der Waals surface area (Å²) in [5.74, 6) is 0. The topological polar surface area (TPSA) is 55.6 Å². The molecule has 2 aromatic heterocycles. The lowest BCUT2D eigenvalue weighted by molar-refractivity contribution is 0.120. The molecule has 0 radical (unpaired) electrons. The third-order valence-electron chi connectivity index (χ3n) is 4.60. The minimum Gasteiger partial charge on any atom is -0.425 e. The summed E-state index contributed by atoms with van der Waals surface area (Å²) in [4.78, 5) is 19.8. The molecular formula is C20H16N2O3S. The number of thiophene rings is 1. The molecule has 0 unspecified atom stereocenters. The Morgan fingerprint density at radius 2 is 1.88 bits per heavy atom. The van der Waals surface area contributed by atoms with E-state index in [0.717, 1.165) is 10.4 Å². The zero-order chi connectivity index (χ0) is 17.5. The van der Waals surface area contributed by atoms with Crippen LogP contribution in [0.15, 0.2) is 57.7 Å². The number of rotatable bonds is 2. The van der Waals surface area contributed by atoms with Gasteiger partial charge in [-0.2, -0.15) is 4.98 Å². The summed E-state index contributed by atoms with van der Waals surface area (Å²) in [5, 5.41) is 1.72. The molecule has 1 saturated heterocycles. The first-order chi connectivity index (χ1) is 12.8. The van der Waals surface area contributed by atoms with Gasteiger partial charge in [0.15, 0.2) is 0 Å². The minimum absolute atomic E-state index is 0.254. The van der Waals surface area contributed by atoms with E-state index >= 15 is 0 Å². The van der Waals surface area contributed by atoms with Crippen molar-refractivity contribution < 1.29 is 9.15 Å². The number of hydrogen-bond donors (Lipinski definition) is 0. The third-order valence-corrected chi connectivity index (χ3v) is 5.77. The van der Waals surface area contributed by atoms with Crippen LogP contribution in [0.1, 0.15) is 0 Å². The van der Waals surface area contributed by atoms with E-state index in [1.165, 1.54) is 10.1 Å². The number of nitrogens with zero attached hydrogens (tertiary/aromatic N) is 2. The van der Waals surface area contributed by atoms with Gasteiger partial charge in [0, 0.05) is 22.7 Å². The lowest BCUT2D eigenvalue weighted by Gasteiger charge is -2.25. The number of benzene rings is 2. The van der Waals surface area contributed by atoms with Crippen LogP contribution in [0.4, 0.5) is 6.01 Å². The van der Waals surface area contributed by atoms with E-state index < -0.39 is 0 Å². The number of morpholine rings is 1. The molecule has 3 heterocycles. The zero-order valence-corrected chi connectivity index (χ0v) is 14.8. The van der Waals surface area contributed by atoms with Crippen LogP contribution in [0, 0.1) is 0 Å². The Morgan fingerprint density at radius 1 is 1.04 bits per heavy atom. The Kier molecular flexibility index (Phi) is 3.72. The van der Waals surface area contributed by atoms with Crippen LogP contribution in [0.25, 0.3) is 31.5 Å². The van der Waals surface area contributed by atoms with Gasteiger partial charge in [-0.3, -0.25) is 4.79 Å². The van der Waals surface area contributed by atoms with Crippen molar-refractivity contribution in [3.63, 3.8) is 0 Å². The van der Waals surface area contributed by atoms with Crippen molar-refractivity contribution in [1.29, 1.82) is 0 Å². The summed E-state index contributed by atoms with van der Waals surface area (Å²) in [5.41, 5.74) is 1.32. The molecule has 0 aliphatic carbocycles. The van der Waals surface area contributed by atoms with Gasteiger partial charge in [-0.25, -0.2) is 0 Å². The van der Waals surface area contributed by atoms with Crippen LogP contribution < -0.4 is 10.5 Å². The highest BCUT2D eigenvalue weighted by Crippen LogP contribution is 2.34. The molecule has 6 heteroatoms. The van der Waals surface area contributed by atoms with Crippen molar-refractivity contribution >= 4 is 38.4 Å². The smallest absolute Gasteiger partial charge is 0.301 e. The van der Waals surface area contributed by atoms with E-state index in [0.29, 0.717) is 43.3 Å². The fraction of sp³-hybridized carbons (Fsp3) is 0.200. The van der Waals surface area contributed by atoms with Crippen LogP contribution >= 0.6 is 11.3 Å². The Labute approximate surface area is 153 Å². The second-order valence-corrected chi connectivity index (χ2v) is 7.34. The average molecular weight is 364 g/mol. The first-order valence-electron chi connectivity index (χ1n) is 8.54. The third kappa shape index (κ3) is 2.67. The van der Waals surface area contributed by atoms with Crippen molar-refractivity contribution in [2.75, 3.05) is 31.2 Å². The molecule has 0 N–H and O–H groups in total. The molecule has 1 aliphatic rings. The van der Waals surface area contributed by atoms with E-state index in [4.69, 9.17) is 9.15 Å². The number of anilines is 1. The van der Waals surface area contributed by atoms with Gasteiger partial charge < -0.3 is 14.1 Å². The van der Waals surface area contributed by atoms with Gasteiger partial charge in [0.25, 0.3) is 5.56 Å². The van der Waals surface area contributed by atoms with Gasteiger partial charge in [0.1, 0.15) is 5.58 Å². The average Bonchev–Trinajstić information content (AvgIpc) is 3.12. The fourth-order valence-corrected chi connectivity index (χ4v) is 4.28. The predicted molar refractivity (Wildman–Crippen MR) is 104 cm³/mol. The van der Waals surface area contributed by atoms with E-state index in [1.807, 2.05) is 35.2 Å². The predicted octanol–water partition coefficient (Wildman–Crippen LogP) is 3.91. The summed E-state index contributed by atoms with van der Waals surface area (Å²) in [6.07, 6.45) is 0. The normalized spacial score (nSPS) is 15.0. The second kappa shape index (κ2) is 6.23. The van der Waals surface area contributed by atoms with Crippen LogP contribution in [-0.2, 0) is 4.74 Å². The molecule has 0 atom stereocenters. The maximum absolute atomic E-state index is 12.6. The zero-order valence-electron chi connectivity index (χ0n) is 14.0. The summed E-state index contributed by atoms with van der Waals surface area (Å²) in [6, 6.07) is 16.5. The summed E-state index contributed by atoms with van der Waals surface area (Å²) in [6.45, 7) is 2.60. The number of aromatic nitrogens is 1. The van der Waals surface area contributed by atoms with Gasteiger partial charge in [0.2, 0.25) is 0 Å². The number of fused-ring (bicyclic) bond motifs is 2. The van der Waals surface area contributed by atoms with Crippen molar-refractivity contribution in [3.05, 3.63) is 58.9 Å². The Morgan fingerprint density at radius 3 is 2.73 bits per heavy atom. The minimum atomic E-state index is -0.254. The lowest BCUT2D eigenvalue weighted by Crippen LogP contribution is -2.37. The molecule has 1 fully saturated rings. The molecular weight excluding hydrogens is 348 g/mol. The molecule has 4 aromatic rings. The first-order valence-corrected chi connectivity index (χ1v) is 9.36. The SMILES string of the molecule is O=c1nc(N2CCOCC2)oc2ccc(-c3cc4ccccc4s3)cc12. The molecule has 26 heavy (non-hydrogen) atoms. The van der Waals surface area contributed by atoms with Crippen LogP contribution in [-0.4, -0.2) is 31.3 Å². The van der Waals surface area contributed by atoms with E-state index in [2.05, 4.69) is 23.2 Å². The van der Waals surface area contributed by atoms with Gasteiger partial charge in [-0.1, -0.05) is 18.2 Å². The molecule has 0 bridgehead atoms. The molecule has 0 amide bonds. The van der Waals surface area contributed by atoms with Crippen molar-refractivity contribution in [1.82, 2.24) is 4.98 Å². The molecule has 5 nitrogen and oxygen atoms in total. The van der Waals surface area contributed by atoms with Crippen molar-refractivity contribution in [2.45, 2.75) is 0 Å². The highest BCUT2D eigenvalue weighted by atomic mass is 32.1. The Balaban J connectivity index is 1.59. The van der Waals surface area contributed by atoms with E-state index in [1.54, 1.807) is 11.3 Å². The molecule has 5 rings (SSSR count). The molecule has 1 aliphatic heterocycles. The van der Waals surface area contributed by atoms with E-state index in [9.17, 15) is 4.79 Å². The van der Waals surface area contributed by atoms with Gasteiger partial charge in [-0.05, 0) is 41.3 Å². The van der Waals surface area contributed by atoms with E-state index in [-0.39, 0.29) is 5.56 Å². The highest BCUT2D eigenvalue weighted by Gasteiger charge is 2.17. The van der Waals surface area contributed by atoms with Crippen LogP contribution in [0.5, 0.6) is 0 Å². The lowest BCUT2D eigenvalue weighted by atomic mass is 10.1. The molecule has 130 valence electrons. The maximum Gasteiger partial charge on any atom is 0.301 e. The molecule has 0 spiro atoms. The largest absolute Gasteiger partial charge is 0.425 e. The summed E-state index contributed by atoms with van der Waals surface area (Å²) in [7, 11) is 0. The van der Waals surface area contributed by atoms with Gasteiger partial charge >= 0.3 is 6.01 Å². The Bertz CT molecular complexity index is 1130. The Hall–Kier alpha value is -2.70. The number of hydrogen-bond acceptors (Lipinski definition) is 6. The van der Waals surface area contributed by atoms with Crippen LogP contribution in [0.3, 0.4) is 0 Å². The fourth-order valence-electron chi connectivity index (χ4n) is 3.22. The molecule has 0 saturated carbocycles. The van der Waals surface area contributed by atoms with Crippen molar-refractivity contribution in [3.8, 4) is 10.4 Å². The summed E-state index contributed by atoms with van der Waals surface area (Å²) >= 11 is 1.72.